The number of nitrogens with zero attached hydrogens (tertiary/aromatic N) is 2. The van der Waals surface area contributed by atoms with Crippen molar-refractivity contribution in [1.29, 1.82) is 0 Å². The number of aryl methyl sites for hydroxylation is 1. The molecule has 0 aromatic carbocycles. The second-order valence-corrected chi connectivity index (χ2v) is 5.72. The summed E-state index contributed by atoms with van der Waals surface area (Å²) in [5, 5.41) is 6.76. The number of hydrogen-bond acceptors (Lipinski definition) is 5. The van der Waals surface area contributed by atoms with Gasteiger partial charge in [0.2, 0.25) is 0 Å². The van der Waals surface area contributed by atoms with Gasteiger partial charge < -0.3 is 10.1 Å². The molecular formula is C15H21N3OS. The fourth-order valence-corrected chi connectivity index (χ4v) is 2.76. The lowest BCUT2D eigenvalue weighted by molar-refractivity contribution is 0.392. The third-order valence-corrected chi connectivity index (χ3v) is 3.89. The Morgan fingerprint density at radius 3 is 2.95 bits per heavy atom. The van der Waals surface area contributed by atoms with Crippen molar-refractivity contribution in [3.05, 3.63) is 40.1 Å². The first-order chi connectivity index (χ1) is 9.74. The van der Waals surface area contributed by atoms with Crippen LogP contribution in [-0.4, -0.2) is 23.6 Å². The van der Waals surface area contributed by atoms with Gasteiger partial charge in [-0.05, 0) is 32.0 Å². The van der Waals surface area contributed by atoms with E-state index in [-0.39, 0.29) is 6.04 Å². The van der Waals surface area contributed by atoms with Crippen molar-refractivity contribution in [1.82, 2.24) is 15.3 Å². The Morgan fingerprint density at radius 1 is 1.45 bits per heavy atom. The molecule has 0 bridgehead atoms. The molecule has 0 spiro atoms. The van der Waals surface area contributed by atoms with Crippen molar-refractivity contribution < 1.29 is 4.74 Å². The maximum absolute atomic E-state index is 5.43. The highest BCUT2D eigenvalue weighted by Crippen LogP contribution is 2.25. The van der Waals surface area contributed by atoms with Crippen LogP contribution in [0.3, 0.4) is 0 Å². The molecule has 1 unspecified atom stereocenters. The molecule has 0 aliphatic carbocycles. The van der Waals surface area contributed by atoms with Crippen molar-refractivity contribution in [3.63, 3.8) is 0 Å². The van der Waals surface area contributed by atoms with E-state index >= 15 is 0 Å². The van der Waals surface area contributed by atoms with E-state index in [1.807, 2.05) is 25.3 Å². The predicted octanol–water partition coefficient (Wildman–Crippen LogP) is 3.14. The number of ether oxygens (including phenoxy) is 1. The van der Waals surface area contributed by atoms with Crippen molar-refractivity contribution in [2.75, 3.05) is 13.7 Å². The summed E-state index contributed by atoms with van der Waals surface area (Å²) < 4.78 is 5.43. The van der Waals surface area contributed by atoms with Gasteiger partial charge >= 0.3 is 0 Å². The van der Waals surface area contributed by atoms with Crippen LogP contribution in [0.25, 0.3) is 0 Å². The summed E-state index contributed by atoms with van der Waals surface area (Å²) in [6, 6.07) is 3.98. The smallest absolute Gasteiger partial charge is 0.141 e. The Hall–Kier alpha value is -1.46. The quantitative estimate of drug-likeness (QED) is 0.851. The van der Waals surface area contributed by atoms with Gasteiger partial charge in [0.05, 0.1) is 29.5 Å². The molecule has 2 rings (SSSR count). The Balaban J connectivity index is 2.22. The van der Waals surface area contributed by atoms with Crippen LogP contribution in [0.1, 0.15) is 35.8 Å². The standard InChI is InChI=1S/C15H21N3OS/c1-4-7-16-13(9-12-10-20-11(2)18-12)15-14(19-3)6-5-8-17-15/h5-6,8,10,13,16H,4,7,9H2,1-3H3. The maximum Gasteiger partial charge on any atom is 0.141 e. The highest BCUT2D eigenvalue weighted by Gasteiger charge is 2.18. The topological polar surface area (TPSA) is 47.0 Å². The van der Waals surface area contributed by atoms with Crippen molar-refractivity contribution in [2.24, 2.45) is 0 Å². The van der Waals surface area contributed by atoms with Crippen LogP contribution >= 0.6 is 11.3 Å². The van der Waals surface area contributed by atoms with E-state index in [1.54, 1.807) is 18.4 Å². The average Bonchev–Trinajstić information content (AvgIpc) is 2.88. The molecule has 1 atom stereocenters. The van der Waals surface area contributed by atoms with Crippen LogP contribution < -0.4 is 10.1 Å². The van der Waals surface area contributed by atoms with Crippen LogP contribution in [0.4, 0.5) is 0 Å². The number of methoxy groups -OCH3 is 1. The molecule has 0 fully saturated rings. The molecule has 0 saturated heterocycles. The molecule has 0 aliphatic heterocycles. The van der Waals surface area contributed by atoms with Crippen LogP contribution in [0.2, 0.25) is 0 Å². The number of thiazole rings is 1. The zero-order chi connectivity index (χ0) is 14.4. The molecule has 0 amide bonds. The van der Waals surface area contributed by atoms with Crippen molar-refractivity contribution in [3.8, 4) is 5.75 Å². The molecule has 5 heteroatoms. The van der Waals surface area contributed by atoms with Gasteiger partial charge in [-0.2, -0.15) is 0 Å². The van der Waals surface area contributed by atoms with E-state index in [0.717, 1.165) is 41.5 Å². The van der Waals surface area contributed by atoms with Gasteiger partial charge in [0, 0.05) is 18.0 Å². The van der Waals surface area contributed by atoms with Gasteiger partial charge in [-0.15, -0.1) is 11.3 Å². The molecule has 0 radical (unpaired) electrons. The Bertz CT molecular complexity index is 541. The Morgan fingerprint density at radius 2 is 2.30 bits per heavy atom. The van der Waals surface area contributed by atoms with Gasteiger partial charge in [-0.1, -0.05) is 6.92 Å². The van der Waals surface area contributed by atoms with E-state index < -0.39 is 0 Å². The molecule has 2 aromatic heterocycles. The summed E-state index contributed by atoms with van der Waals surface area (Å²) in [6.45, 7) is 5.14. The van der Waals surface area contributed by atoms with Gasteiger partial charge in [0.1, 0.15) is 5.75 Å². The number of rotatable bonds is 7. The van der Waals surface area contributed by atoms with Gasteiger partial charge in [0.15, 0.2) is 0 Å². The minimum absolute atomic E-state index is 0.132. The normalized spacial score (nSPS) is 12.3. The fraction of sp³-hybridized carbons (Fsp3) is 0.467. The third-order valence-electron chi connectivity index (χ3n) is 3.07. The van der Waals surface area contributed by atoms with Gasteiger partial charge in [0.25, 0.3) is 0 Å². The largest absolute Gasteiger partial charge is 0.495 e. The molecule has 0 aliphatic rings. The second-order valence-electron chi connectivity index (χ2n) is 4.66. The van der Waals surface area contributed by atoms with Crippen LogP contribution in [0.15, 0.2) is 23.7 Å². The van der Waals surface area contributed by atoms with E-state index in [4.69, 9.17) is 4.74 Å². The van der Waals surface area contributed by atoms with E-state index in [9.17, 15) is 0 Å². The summed E-state index contributed by atoms with van der Waals surface area (Å²) >= 11 is 1.68. The molecule has 2 aromatic rings. The number of nitrogens with one attached hydrogen (secondary N) is 1. The fourth-order valence-electron chi connectivity index (χ4n) is 2.13. The molecule has 0 saturated carbocycles. The molecule has 4 nitrogen and oxygen atoms in total. The number of hydrogen-bond donors (Lipinski definition) is 1. The second kappa shape index (κ2) is 7.36. The highest BCUT2D eigenvalue weighted by atomic mass is 32.1. The summed E-state index contributed by atoms with van der Waals surface area (Å²) in [7, 11) is 1.68. The van der Waals surface area contributed by atoms with Crippen LogP contribution in [-0.2, 0) is 6.42 Å². The summed E-state index contributed by atoms with van der Waals surface area (Å²) in [5.41, 5.74) is 2.06. The number of pyridine rings is 1. The summed E-state index contributed by atoms with van der Waals surface area (Å²) in [6.07, 6.45) is 3.73. The van der Waals surface area contributed by atoms with E-state index in [2.05, 4.69) is 27.6 Å². The minimum atomic E-state index is 0.132. The van der Waals surface area contributed by atoms with Gasteiger partial charge in [-0.25, -0.2) is 4.98 Å². The zero-order valence-corrected chi connectivity index (χ0v) is 13.0. The zero-order valence-electron chi connectivity index (χ0n) is 12.2. The Kier molecular flexibility index (Phi) is 5.49. The lowest BCUT2D eigenvalue weighted by Gasteiger charge is -2.19. The summed E-state index contributed by atoms with van der Waals surface area (Å²) in [5.74, 6) is 0.827. The molecule has 20 heavy (non-hydrogen) atoms. The lowest BCUT2D eigenvalue weighted by atomic mass is 10.1. The van der Waals surface area contributed by atoms with E-state index in [1.165, 1.54) is 0 Å². The first-order valence-corrected chi connectivity index (χ1v) is 7.75. The Labute approximate surface area is 124 Å². The average molecular weight is 291 g/mol. The monoisotopic (exact) mass is 291 g/mol. The van der Waals surface area contributed by atoms with Crippen LogP contribution in [0, 0.1) is 6.92 Å². The molecule has 108 valence electrons. The third kappa shape index (κ3) is 3.77. The first-order valence-electron chi connectivity index (χ1n) is 6.88. The molecular weight excluding hydrogens is 270 g/mol. The maximum atomic E-state index is 5.43. The van der Waals surface area contributed by atoms with Gasteiger partial charge in [-0.3, -0.25) is 4.98 Å². The first kappa shape index (κ1) is 14.9. The van der Waals surface area contributed by atoms with Crippen molar-refractivity contribution in [2.45, 2.75) is 32.7 Å². The highest BCUT2D eigenvalue weighted by molar-refractivity contribution is 7.09. The molecule has 2 heterocycles. The molecule has 1 N–H and O–H groups in total. The van der Waals surface area contributed by atoms with E-state index in [0.29, 0.717) is 0 Å². The van der Waals surface area contributed by atoms with Crippen LogP contribution in [0.5, 0.6) is 5.75 Å². The number of aromatic nitrogens is 2. The summed E-state index contributed by atoms with van der Waals surface area (Å²) in [4.78, 5) is 9.04. The van der Waals surface area contributed by atoms with Crippen molar-refractivity contribution >= 4 is 11.3 Å². The lowest BCUT2D eigenvalue weighted by Crippen LogP contribution is -2.25. The minimum Gasteiger partial charge on any atom is -0.495 e. The predicted molar refractivity (Wildman–Crippen MR) is 82.4 cm³/mol. The SMILES string of the molecule is CCCNC(Cc1csc(C)n1)c1ncccc1OC.